The summed E-state index contributed by atoms with van der Waals surface area (Å²) in [7, 11) is 0. The van der Waals surface area contributed by atoms with E-state index in [2.05, 4.69) is 21.3 Å². The predicted molar refractivity (Wildman–Crippen MR) is 27.7 cm³/mol. The molecule has 0 saturated carbocycles. The highest BCUT2D eigenvalue weighted by atomic mass is 15.6. The third-order valence-electron chi connectivity index (χ3n) is 2.10. The highest BCUT2D eigenvalue weighted by Gasteiger charge is 2.52. The fourth-order valence-electron chi connectivity index (χ4n) is 1.54. The van der Waals surface area contributed by atoms with Crippen molar-refractivity contribution < 1.29 is 0 Å². The van der Waals surface area contributed by atoms with Crippen LogP contribution in [0.1, 0.15) is 0 Å². The van der Waals surface area contributed by atoms with Gasteiger partial charge in [0.05, 0.1) is 24.7 Å². The maximum atomic E-state index is 3.34. The van der Waals surface area contributed by atoms with Crippen molar-refractivity contribution in [2.75, 3.05) is 0 Å². The lowest BCUT2D eigenvalue weighted by Gasteiger charge is -2.62. The van der Waals surface area contributed by atoms with E-state index in [1.165, 1.54) is 0 Å². The van der Waals surface area contributed by atoms with Crippen LogP contribution in [-0.2, 0) is 0 Å². The molecule has 0 aliphatic carbocycles. The van der Waals surface area contributed by atoms with Crippen LogP contribution in [0.25, 0.3) is 0 Å². The Balaban J connectivity index is 1.96. The van der Waals surface area contributed by atoms with Crippen LogP contribution in [0.5, 0.6) is 0 Å². The molecular weight excluding hydrogens is 104 g/mol. The Labute approximate surface area is 47.0 Å². The van der Waals surface area contributed by atoms with Crippen LogP contribution in [0, 0.1) is 0 Å². The number of rotatable bonds is 0. The van der Waals surface area contributed by atoms with Crippen LogP contribution in [0.15, 0.2) is 0 Å². The Kier molecular flexibility index (Phi) is 0.440. The van der Waals surface area contributed by atoms with Gasteiger partial charge in [0, 0.05) is 0 Å². The van der Waals surface area contributed by atoms with E-state index >= 15 is 0 Å². The number of hydrogen-bond acceptors (Lipinski definition) is 4. The standard InChI is InChI=1S/C4H8N4/c5-1-2-7-4(8-2)3(5)6-1/h1-8H. The first-order valence-corrected chi connectivity index (χ1v) is 2.98. The van der Waals surface area contributed by atoms with Crippen molar-refractivity contribution in [2.45, 2.75) is 24.7 Å². The minimum Gasteiger partial charge on any atom is -0.282 e. The van der Waals surface area contributed by atoms with Crippen LogP contribution in [0.2, 0.25) is 0 Å². The molecule has 6 aliphatic heterocycles. The van der Waals surface area contributed by atoms with Crippen molar-refractivity contribution in [3.05, 3.63) is 0 Å². The number of piperazine rings is 4. The van der Waals surface area contributed by atoms with E-state index in [4.69, 9.17) is 0 Å². The number of nitrogens with one attached hydrogen (secondary N) is 4. The van der Waals surface area contributed by atoms with Crippen molar-refractivity contribution in [3.8, 4) is 0 Å². The lowest BCUT2D eigenvalue weighted by molar-refractivity contribution is -0.0586. The summed E-state index contributed by atoms with van der Waals surface area (Å²) >= 11 is 0. The molecule has 0 spiro atoms. The summed E-state index contributed by atoms with van der Waals surface area (Å²) in [5, 5.41) is 13.4. The maximum Gasteiger partial charge on any atom is 0.0892 e. The molecule has 0 unspecified atom stereocenters. The third-order valence-corrected chi connectivity index (χ3v) is 2.10. The molecule has 6 fully saturated rings. The van der Waals surface area contributed by atoms with Crippen LogP contribution >= 0.6 is 0 Å². The van der Waals surface area contributed by atoms with Gasteiger partial charge >= 0.3 is 0 Å². The van der Waals surface area contributed by atoms with Crippen molar-refractivity contribution in [3.63, 3.8) is 0 Å². The highest BCUT2D eigenvalue weighted by molar-refractivity contribution is 5.10. The molecule has 0 amide bonds. The van der Waals surface area contributed by atoms with E-state index in [-0.39, 0.29) is 0 Å². The molecule has 0 aromatic rings. The molecule has 0 radical (unpaired) electrons. The topological polar surface area (TPSA) is 48.1 Å². The first kappa shape index (κ1) is 3.79. The molecule has 0 aromatic carbocycles. The van der Waals surface area contributed by atoms with E-state index in [0.717, 1.165) is 0 Å². The van der Waals surface area contributed by atoms with Gasteiger partial charge in [0.25, 0.3) is 0 Å². The molecule has 0 atom stereocenters. The molecular formula is C4H8N4. The van der Waals surface area contributed by atoms with Gasteiger partial charge in [0.2, 0.25) is 0 Å². The molecule has 6 saturated heterocycles. The normalized spacial score (nSPS) is 66.0. The first-order valence-electron chi connectivity index (χ1n) is 2.98. The zero-order valence-corrected chi connectivity index (χ0v) is 4.31. The van der Waals surface area contributed by atoms with Gasteiger partial charge in [-0.2, -0.15) is 0 Å². The fourth-order valence-corrected chi connectivity index (χ4v) is 1.54. The highest BCUT2D eigenvalue weighted by Crippen LogP contribution is 2.18. The van der Waals surface area contributed by atoms with Crippen LogP contribution < -0.4 is 21.3 Å². The van der Waals surface area contributed by atoms with Gasteiger partial charge in [0.1, 0.15) is 0 Å². The molecule has 4 heteroatoms. The van der Waals surface area contributed by atoms with Crippen LogP contribution in [0.3, 0.4) is 0 Å². The van der Waals surface area contributed by atoms with Crippen LogP contribution in [-0.4, -0.2) is 24.7 Å². The maximum absolute atomic E-state index is 3.34. The van der Waals surface area contributed by atoms with Gasteiger partial charge in [-0.15, -0.1) is 0 Å². The largest absolute Gasteiger partial charge is 0.282 e. The Bertz CT molecular complexity index is 96.0. The average molecular weight is 112 g/mol. The number of hydrogen-bond donors (Lipinski definition) is 4. The molecule has 6 aliphatic rings. The summed E-state index contributed by atoms with van der Waals surface area (Å²) < 4.78 is 0. The van der Waals surface area contributed by atoms with Crippen molar-refractivity contribution >= 4 is 0 Å². The second kappa shape index (κ2) is 0.930. The van der Waals surface area contributed by atoms with Gasteiger partial charge in [-0.3, -0.25) is 21.3 Å². The first-order chi connectivity index (χ1) is 3.93. The summed E-state index contributed by atoms with van der Waals surface area (Å²) in [6.07, 6.45) is 1.96. The Morgan fingerprint density at radius 3 is 0.875 bits per heavy atom. The molecule has 4 N–H and O–H groups in total. The van der Waals surface area contributed by atoms with Crippen molar-refractivity contribution in [2.24, 2.45) is 0 Å². The Morgan fingerprint density at radius 1 is 0.500 bits per heavy atom. The summed E-state index contributed by atoms with van der Waals surface area (Å²) in [6, 6.07) is 0. The zero-order chi connectivity index (χ0) is 5.14. The summed E-state index contributed by atoms with van der Waals surface area (Å²) in [6.45, 7) is 0. The van der Waals surface area contributed by atoms with E-state index in [9.17, 15) is 0 Å². The van der Waals surface area contributed by atoms with Gasteiger partial charge < -0.3 is 0 Å². The molecule has 8 heavy (non-hydrogen) atoms. The monoisotopic (exact) mass is 112 g/mol. The van der Waals surface area contributed by atoms with Gasteiger partial charge in [-0.25, -0.2) is 0 Å². The lowest BCUT2D eigenvalue weighted by atomic mass is 10.0. The minimum atomic E-state index is 0.491. The zero-order valence-electron chi connectivity index (χ0n) is 4.31. The fraction of sp³-hybridized carbons (Fsp3) is 1.00. The lowest BCUT2D eigenvalue weighted by Crippen LogP contribution is -2.97. The average Bonchev–Trinajstić information content (AvgIpc) is 1.60. The van der Waals surface area contributed by atoms with Gasteiger partial charge in [0.15, 0.2) is 0 Å². The van der Waals surface area contributed by atoms with Gasteiger partial charge in [-0.05, 0) is 0 Å². The predicted octanol–water partition coefficient (Wildman–Crippen LogP) is -2.31. The van der Waals surface area contributed by atoms with E-state index in [1.807, 2.05) is 0 Å². The van der Waals surface area contributed by atoms with Crippen LogP contribution in [0.4, 0.5) is 0 Å². The molecule has 4 bridgehead atoms. The van der Waals surface area contributed by atoms with E-state index < -0.39 is 0 Å². The molecule has 6 heterocycles. The summed E-state index contributed by atoms with van der Waals surface area (Å²) in [5.74, 6) is 0. The van der Waals surface area contributed by atoms with Crippen molar-refractivity contribution in [1.82, 2.24) is 21.3 Å². The third kappa shape index (κ3) is 0.241. The summed E-state index contributed by atoms with van der Waals surface area (Å²) in [5.41, 5.74) is 0. The molecule has 6 rings (SSSR count). The minimum absolute atomic E-state index is 0.491. The molecule has 0 aromatic heterocycles. The Hall–Kier alpha value is -0.160. The summed E-state index contributed by atoms with van der Waals surface area (Å²) in [4.78, 5) is 0. The molecule has 4 nitrogen and oxygen atoms in total. The molecule has 44 valence electrons. The van der Waals surface area contributed by atoms with E-state index in [0.29, 0.717) is 24.7 Å². The van der Waals surface area contributed by atoms with Crippen molar-refractivity contribution in [1.29, 1.82) is 0 Å². The second-order valence-electron chi connectivity index (χ2n) is 2.58. The quantitative estimate of drug-likeness (QED) is 0.284. The van der Waals surface area contributed by atoms with Gasteiger partial charge in [-0.1, -0.05) is 0 Å². The van der Waals surface area contributed by atoms with E-state index in [1.54, 1.807) is 0 Å². The Morgan fingerprint density at radius 2 is 0.750 bits per heavy atom. The SMILES string of the molecule is N1C2NC1C1NC2N1. The second-order valence-corrected chi connectivity index (χ2v) is 2.58. The smallest absolute Gasteiger partial charge is 0.0892 e.